The van der Waals surface area contributed by atoms with Crippen LogP contribution >= 0.6 is 27.5 Å². The van der Waals surface area contributed by atoms with Gasteiger partial charge in [-0.3, -0.25) is 14.9 Å². The molecule has 3 aromatic rings. The lowest BCUT2D eigenvalue weighted by Gasteiger charge is -2.26. The van der Waals surface area contributed by atoms with Crippen molar-refractivity contribution in [3.8, 4) is 11.5 Å². The Labute approximate surface area is 209 Å². The number of methoxy groups -OCH3 is 1. The lowest BCUT2D eigenvalue weighted by atomic mass is 10.1. The number of barbiturate groups is 1. The average molecular weight is 542 g/mol. The number of hydrogen-bond acceptors (Lipinski definition) is 5. The molecule has 1 aliphatic heterocycles. The molecule has 0 atom stereocenters. The summed E-state index contributed by atoms with van der Waals surface area (Å²) < 4.78 is 12.1. The first kappa shape index (κ1) is 23.5. The average Bonchev–Trinajstić information content (AvgIpc) is 2.82. The Bertz CT molecular complexity index is 1310. The van der Waals surface area contributed by atoms with E-state index in [1.165, 1.54) is 13.2 Å². The van der Waals surface area contributed by atoms with Gasteiger partial charge in [-0.1, -0.05) is 51.8 Å². The lowest BCUT2D eigenvalue weighted by Crippen LogP contribution is -2.54. The van der Waals surface area contributed by atoms with Crippen LogP contribution in [0.5, 0.6) is 11.5 Å². The van der Waals surface area contributed by atoms with Gasteiger partial charge in [-0.05, 0) is 54.1 Å². The summed E-state index contributed by atoms with van der Waals surface area (Å²) in [5.74, 6) is -0.628. The largest absolute Gasteiger partial charge is 0.493 e. The summed E-state index contributed by atoms with van der Waals surface area (Å²) in [6.45, 7) is 0.238. The first-order chi connectivity index (χ1) is 16.4. The Balaban J connectivity index is 1.60. The topological polar surface area (TPSA) is 84.9 Å². The number of amides is 4. The summed E-state index contributed by atoms with van der Waals surface area (Å²) in [5.41, 5.74) is 1.49. The van der Waals surface area contributed by atoms with Gasteiger partial charge in [0.2, 0.25) is 0 Å². The number of imide groups is 2. The van der Waals surface area contributed by atoms with Gasteiger partial charge in [0.15, 0.2) is 11.5 Å². The van der Waals surface area contributed by atoms with Gasteiger partial charge in [-0.15, -0.1) is 0 Å². The van der Waals surface area contributed by atoms with Crippen molar-refractivity contribution in [1.82, 2.24) is 5.32 Å². The predicted molar refractivity (Wildman–Crippen MR) is 132 cm³/mol. The van der Waals surface area contributed by atoms with Crippen LogP contribution in [0.25, 0.3) is 6.08 Å². The molecule has 0 bridgehead atoms. The second-order valence-electron chi connectivity index (χ2n) is 7.22. The number of carbonyl (C=O) groups is 3. The number of rotatable bonds is 6. The monoisotopic (exact) mass is 540 g/mol. The molecule has 0 spiro atoms. The normalized spacial score (nSPS) is 14.9. The molecule has 1 fully saturated rings. The summed E-state index contributed by atoms with van der Waals surface area (Å²) in [6.07, 6.45) is 1.40. The number of benzene rings is 3. The highest BCUT2D eigenvalue weighted by Gasteiger charge is 2.36. The van der Waals surface area contributed by atoms with E-state index in [1.807, 2.05) is 18.2 Å². The molecule has 1 saturated heterocycles. The van der Waals surface area contributed by atoms with Gasteiger partial charge in [-0.25, -0.2) is 9.69 Å². The number of carbonyl (C=O) groups excluding carboxylic acids is 3. The molecule has 1 aliphatic rings. The summed E-state index contributed by atoms with van der Waals surface area (Å²) in [7, 11) is 1.49. The molecule has 0 unspecified atom stereocenters. The quantitative estimate of drug-likeness (QED) is 0.336. The minimum absolute atomic E-state index is 0.186. The van der Waals surface area contributed by atoms with Crippen LogP contribution in [-0.2, 0) is 16.2 Å². The molecule has 9 heteroatoms. The molecule has 0 aromatic heterocycles. The lowest BCUT2D eigenvalue weighted by molar-refractivity contribution is -0.122. The molecule has 4 rings (SSSR count). The number of anilines is 1. The van der Waals surface area contributed by atoms with Crippen molar-refractivity contribution in [2.24, 2.45) is 0 Å². The van der Waals surface area contributed by atoms with Crippen LogP contribution in [0.1, 0.15) is 11.1 Å². The van der Waals surface area contributed by atoms with Crippen LogP contribution in [-0.4, -0.2) is 25.0 Å². The van der Waals surface area contributed by atoms with Crippen LogP contribution in [0.3, 0.4) is 0 Å². The van der Waals surface area contributed by atoms with E-state index < -0.39 is 17.8 Å². The van der Waals surface area contributed by atoms with Gasteiger partial charge in [0, 0.05) is 15.1 Å². The number of halogens is 2. The Kier molecular flexibility index (Phi) is 7.00. The molecule has 1 N–H and O–H groups in total. The molecular weight excluding hydrogens is 524 g/mol. The zero-order chi connectivity index (χ0) is 24.2. The van der Waals surface area contributed by atoms with Crippen molar-refractivity contribution < 1.29 is 23.9 Å². The van der Waals surface area contributed by atoms with E-state index >= 15 is 0 Å². The van der Waals surface area contributed by atoms with E-state index in [2.05, 4.69) is 21.2 Å². The van der Waals surface area contributed by atoms with Crippen LogP contribution in [0.4, 0.5) is 10.5 Å². The van der Waals surface area contributed by atoms with Crippen molar-refractivity contribution in [2.75, 3.05) is 12.0 Å². The fraction of sp³-hybridized carbons (Fsp3) is 0.0800. The van der Waals surface area contributed by atoms with Crippen LogP contribution in [0.2, 0.25) is 5.02 Å². The number of urea groups is 1. The molecule has 3 aromatic carbocycles. The third-order valence-electron chi connectivity index (χ3n) is 5.03. The first-order valence-electron chi connectivity index (χ1n) is 10.1. The van der Waals surface area contributed by atoms with Gasteiger partial charge < -0.3 is 9.47 Å². The number of ether oxygens (including phenoxy) is 2. The molecule has 0 saturated carbocycles. The zero-order valence-electron chi connectivity index (χ0n) is 17.9. The standard InChI is InChI=1S/C25H18BrClN2O5/c1-33-22-13-15(6-11-21(22)34-14-16-4-2-3-5-20(16)27)12-19-23(30)28-25(32)29(24(19)31)18-9-7-17(26)8-10-18/h2-13H,14H2,1H3,(H,28,30,32)/b19-12-. The fourth-order valence-electron chi connectivity index (χ4n) is 3.31. The minimum Gasteiger partial charge on any atom is -0.493 e. The first-order valence-corrected chi connectivity index (χ1v) is 11.3. The molecule has 1 heterocycles. The van der Waals surface area contributed by atoms with Crippen molar-refractivity contribution in [1.29, 1.82) is 0 Å². The van der Waals surface area contributed by atoms with Crippen LogP contribution < -0.4 is 19.7 Å². The molecule has 7 nitrogen and oxygen atoms in total. The molecular formula is C25H18BrClN2O5. The Morgan fingerprint density at radius 3 is 2.44 bits per heavy atom. The minimum atomic E-state index is -0.810. The second kappa shape index (κ2) is 10.1. The third-order valence-corrected chi connectivity index (χ3v) is 5.92. The van der Waals surface area contributed by atoms with E-state index in [0.29, 0.717) is 27.8 Å². The number of nitrogens with one attached hydrogen (secondary N) is 1. The van der Waals surface area contributed by atoms with E-state index in [4.69, 9.17) is 21.1 Å². The highest BCUT2D eigenvalue weighted by molar-refractivity contribution is 9.10. The van der Waals surface area contributed by atoms with Crippen molar-refractivity contribution >= 4 is 57.1 Å². The summed E-state index contributed by atoms with van der Waals surface area (Å²) in [4.78, 5) is 38.7. The highest BCUT2D eigenvalue weighted by atomic mass is 79.9. The second-order valence-corrected chi connectivity index (χ2v) is 8.55. The van der Waals surface area contributed by atoms with Crippen molar-refractivity contribution in [3.63, 3.8) is 0 Å². The number of hydrogen-bond donors (Lipinski definition) is 1. The molecule has 172 valence electrons. The predicted octanol–water partition coefficient (Wildman–Crippen LogP) is 5.36. The molecule has 0 aliphatic carbocycles. The van der Waals surface area contributed by atoms with E-state index in [9.17, 15) is 14.4 Å². The molecule has 34 heavy (non-hydrogen) atoms. The van der Waals surface area contributed by atoms with Crippen molar-refractivity contribution in [2.45, 2.75) is 6.61 Å². The van der Waals surface area contributed by atoms with Crippen molar-refractivity contribution in [3.05, 3.63) is 92.9 Å². The fourth-order valence-corrected chi connectivity index (χ4v) is 3.77. The maximum atomic E-state index is 13.0. The van der Waals surface area contributed by atoms with E-state index in [1.54, 1.807) is 48.5 Å². The van der Waals surface area contributed by atoms with E-state index in [-0.39, 0.29) is 12.2 Å². The summed E-state index contributed by atoms with van der Waals surface area (Å²) in [5, 5.41) is 2.80. The Morgan fingerprint density at radius 2 is 1.74 bits per heavy atom. The van der Waals surface area contributed by atoms with Crippen LogP contribution in [0.15, 0.2) is 76.8 Å². The maximum Gasteiger partial charge on any atom is 0.335 e. The van der Waals surface area contributed by atoms with Gasteiger partial charge in [-0.2, -0.15) is 0 Å². The third kappa shape index (κ3) is 4.98. The maximum absolute atomic E-state index is 13.0. The van der Waals surface area contributed by atoms with E-state index in [0.717, 1.165) is 14.9 Å². The molecule has 4 amide bonds. The molecule has 0 radical (unpaired) electrons. The van der Waals surface area contributed by atoms with Gasteiger partial charge >= 0.3 is 6.03 Å². The van der Waals surface area contributed by atoms with Gasteiger partial charge in [0.1, 0.15) is 12.2 Å². The SMILES string of the molecule is COc1cc(/C=C2/C(=O)NC(=O)N(c3ccc(Br)cc3)C2=O)ccc1OCc1ccccc1Cl. The summed E-state index contributed by atoms with van der Waals surface area (Å²) in [6, 6.07) is 18.1. The van der Waals surface area contributed by atoms with Crippen LogP contribution in [0, 0.1) is 0 Å². The Hall–Kier alpha value is -3.62. The zero-order valence-corrected chi connectivity index (χ0v) is 20.2. The highest BCUT2D eigenvalue weighted by Crippen LogP contribution is 2.31. The summed E-state index contributed by atoms with van der Waals surface area (Å²) >= 11 is 9.49. The number of nitrogens with zero attached hydrogens (tertiary/aromatic N) is 1. The smallest absolute Gasteiger partial charge is 0.335 e. The Morgan fingerprint density at radius 1 is 1.00 bits per heavy atom. The van der Waals surface area contributed by atoms with Gasteiger partial charge in [0.05, 0.1) is 12.8 Å². The van der Waals surface area contributed by atoms with Gasteiger partial charge in [0.25, 0.3) is 11.8 Å².